The molecule has 0 spiro atoms. The number of hydrogen-bond acceptors (Lipinski definition) is 3. The molecule has 0 aromatic heterocycles. The Labute approximate surface area is 108 Å². The minimum absolute atomic E-state index is 0.0408. The average Bonchev–Trinajstić information content (AvgIpc) is 2.30. The Morgan fingerprint density at radius 1 is 1.28 bits per heavy atom. The number of ketones is 1. The predicted octanol–water partition coefficient (Wildman–Crippen LogP) is 1.81. The van der Waals surface area contributed by atoms with Gasteiger partial charge in [0.15, 0.2) is 0 Å². The van der Waals surface area contributed by atoms with Crippen molar-refractivity contribution < 1.29 is 14.3 Å². The number of likely N-dealkylation sites (N-methyl/N-ethyl adjacent to an activating group) is 1. The smallest absolute Gasteiger partial charge is 0.229 e. The van der Waals surface area contributed by atoms with Crippen molar-refractivity contribution in [2.75, 3.05) is 20.2 Å². The van der Waals surface area contributed by atoms with Gasteiger partial charge in [0, 0.05) is 7.05 Å². The molecule has 4 heteroatoms. The third-order valence-corrected chi connectivity index (χ3v) is 2.60. The Bertz CT molecular complexity index is 429. The summed E-state index contributed by atoms with van der Waals surface area (Å²) in [5, 5.41) is 0. The van der Waals surface area contributed by atoms with Crippen molar-refractivity contribution in [3.8, 4) is 5.75 Å². The van der Waals surface area contributed by atoms with E-state index >= 15 is 0 Å². The van der Waals surface area contributed by atoms with E-state index < -0.39 is 0 Å². The predicted molar refractivity (Wildman–Crippen MR) is 69.6 cm³/mol. The molecule has 1 amide bonds. The van der Waals surface area contributed by atoms with E-state index in [1.165, 1.54) is 11.8 Å². The summed E-state index contributed by atoms with van der Waals surface area (Å²) >= 11 is 0. The van der Waals surface area contributed by atoms with Gasteiger partial charge in [-0.2, -0.15) is 0 Å². The molecule has 0 saturated heterocycles. The first-order valence-electron chi connectivity index (χ1n) is 5.92. The van der Waals surface area contributed by atoms with Crippen LogP contribution in [0.3, 0.4) is 0 Å². The van der Waals surface area contributed by atoms with E-state index in [4.69, 9.17) is 4.74 Å². The number of rotatable bonds is 6. The van der Waals surface area contributed by atoms with Gasteiger partial charge >= 0.3 is 0 Å². The SMILES string of the molecule is CC(=O)CC(=O)N(C)CCOc1ccccc1C. The highest BCUT2D eigenvalue weighted by Gasteiger charge is 2.10. The standard InChI is InChI=1S/C14H19NO3/c1-11-6-4-5-7-13(11)18-9-8-15(3)14(17)10-12(2)16/h4-7H,8-10H2,1-3H3. The van der Waals surface area contributed by atoms with Crippen molar-refractivity contribution in [3.63, 3.8) is 0 Å². The summed E-state index contributed by atoms with van der Waals surface area (Å²) in [4.78, 5) is 23.8. The first-order valence-corrected chi connectivity index (χ1v) is 5.92. The van der Waals surface area contributed by atoms with Crippen LogP contribution in [0.25, 0.3) is 0 Å². The normalized spacial score (nSPS) is 9.94. The highest BCUT2D eigenvalue weighted by molar-refractivity contribution is 5.96. The summed E-state index contributed by atoms with van der Waals surface area (Å²) in [5.41, 5.74) is 1.07. The van der Waals surface area contributed by atoms with Crippen LogP contribution in [0.15, 0.2) is 24.3 Å². The summed E-state index contributed by atoms with van der Waals surface area (Å²) in [5.74, 6) is 0.535. The number of amides is 1. The van der Waals surface area contributed by atoms with Crippen LogP contribution in [0.4, 0.5) is 0 Å². The van der Waals surface area contributed by atoms with Gasteiger partial charge in [0.25, 0.3) is 0 Å². The quantitative estimate of drug-likeness (QED) is 0.722. The van der Waals surface area contributed by atoms with Gasteiger partial charge in [-0.25, -0.2) is 0 Å². The van der Waals surface area contributed by atoms with E-state index in [0.29, 0.717) is 13.2 Å². The number of carbonyl (C=O) groups is 2. The minimum Gasteiger partial charge on any atom is -0.491 e. The number of aryl methyl sites for hydroxylation is 1. The Balaban J connectivity index is 2.36. The maximum absolute atomic E-state index is 11.5. The molecule has 4 nitrogen and oxygen atoms in total. The number of benzene rings is 1. The molecular weight excluding hydrogens is 230 g/mol. The Hall–Kier alpha value is -1.84. The topological polar surface area (TPSA) is 46.6 Å². The zero-order valence-electron chi connectivity index (χ0n) is 11.1. The fourth-order valence-electron chi connectivity index (χ4n) is 1.48. The van der Waals surface area contributed by atoms with Crippen molar-refractivity contribution in [2.45, 2.75) is 20.3 Å². The average molecular weight is 249 g/mol. The molecule has 0 N–H and O–H groups in total. The van der Waals surface area contributed by atoms with Gasteiger partial charge in [-0.15, -0.1) is 0 Å². The molecule has 0 aliphatic carbocycles. The Morgan fingerprint density at radius 3 is 2.56 bits per heavy atom. The molecule has 0 radical (unpaired) electrons. The highest BCUT2D eigenvalue weighted by atomic mass is 16.5. The van der Waals surface area contributed by atoms with Crippen LogP contribution in [0.5, 0.6) is 5.75 Å². The van der Waals surface area contributed by atoms with E-state index in [1.54, 1.807) is 7.05 Å². The van der Waals surface area contributed by atoms with E-state index in [-0.39, 0.29) is 18.1 Å². The summed E-state index contributed by atoms with van der Waals surface area (Å²) in [7, 11) is 1.67. The van der Waals surface area contributed by atoms with Crippen LogP contribution in [-0.2, 0) is 9.59 Å². The molecule has 0 saturated carbocycles. The largest absolute Gasteiger partial charge is 0.491 e. The second-order valence-corrected chi connectivity index (χ2v) is 4.31. The van der Waals surface area contributed by atoms with E-state index in [0.717, 1.165) is 11.3 Å². The third-order valence-electron chi connectivity index (χ3n) is 2.60. The molecule has 1 aromatic carbocycles. The van der Waals surface area contributed by atoms with Crippen LogP contribution in [0.1, 0.15) is 18.9 Å². The van der Waals surface area contributed by atoms with E-state index in [1.807, 2.05) is 31.2 Å². The lowest BCUT2D eigenvalue weighted by Gasteiger charge is -2.17. The molecule has 0 bridgehead atoms. The fraction of sp³-hybridized carbons (Fsp3) is 0.429. The van der Waals surface area contributed by atoms with Gasteiger partial charge in [0.2, 0.25) is 5.91 Å². The summed E-state index contributed by atoms with van der Waals surface area (Å²) in [6, 6.07) is 7.73. The van der Waals surface area contributed by atoms with Crippen LogP contribution < -0.4 is 4.74 Å². The zero-order valence-corrected chi connectivity index (χ0v) is 11.1. The molecule has 0 atom stereocenters. The molecule has 1 aromatic rings. The number of carbonyl (C=O) groups excluding carboxylic acids is 2. The second kappa shape index (κ2) is 6.79. The lowest BCUT2D eigenvalue weighted by atomic mass is 10.2. The van der Waals surface area contributed by atoms with Crippen molar-refractivity contribution >= 4 is 11.7 Å². The Kier molecular flexibility index (Phi) is 5.36. The van der Waals surface area contributed by atoms with Crippen molar-refractivity contribution in [1.29, 1.82) is 0 Å². The van der Waals surface area contributed by atoms with Gasteiger partial charge < -0.3 is 9.64 Å². The molecule has 0 unspecified atom stereocenters. The van der Waals surface area contributed by atoms with Crippen LogP contribution in [-0.4, -0.2) is 36.8 Å². The van der Waals surface area contributed by atoms with Gasteiger partial charge in [0.1, 0.15) is 18.1 Å². The molecule has 98 valence electrons. The second-order valence-electron chi connectivity index (χ2n) is 4.31. The summed E-state index contributed by atoms with van der Waals surface area (Å²) < 4.78 is 5.58. The maximum atomic E-state index is 11.5. The third kappa shape index (κ3) is 4.57. The van der Waals surface area contributed by atoms with Crippen molar-refractivity contribution in [1.82, 2.24) is 4.90 Å². The number of nitrogens with zero attached hydrogens (tertiary/aromatic N) is 1. The molecule has 0 aliphatic heterocycles. The van der Waals surface area contributed by atoms with Gasteiger partial charge in [0.05, 0.1) is 13.0 Å². The lowest BCUT2D eigenvalue weighted by Crippen LogP contribution is -2.31. The monoisotopic (exact) mass is 249 g/mol. The number of ether oxygens (including phenoxy) is 1. The molecule has 0 fully saturated rings. The van der Waals surface area contributed by atoms with Gasteiger partial charge in [-0.3, -0.25) is 9.59 Å². The van der Waals surface area contributed by atoms with Gasteiger partial charge in [-0.05, 0) is 25.5 Å². The van der Waals surface area contributed by atoms with E-state index in [9.17, 15) is 9.59 Å². The zero-order chi connectivity index (χ0) is 13.5. The van der Waals surface area contributed by atoms with Crippen LogP contribution in [0.2, 0.25) is 0 Å². The summed E-state index contributed by atoms with van der Waals surface area (Å²) in [6.07, 6.45) is -0.0408. The van der Waals surface area contributed by atoms with E-state index in [2.05, 4.69) is 0 Å². The lowest BCUT2D eigenvalue weighted by molar-refractivity contribution is -0.134. The number of Topliss-reactive ketones (excluding diaryl/α,β-unsaturated/α-hetero) is 1. The van der Waals surface area contributed by atoms with Crippen LogP contribution in [0, 0.1) is 6.92 Å². The van der Waals surface area contributed by atoms with Crippen molar-refractivity contribution in [2.24, 2.45) is 0 Å². The minimum atomic E-state index is -0.170. The van der Waals surface area contributed by atoms with Crippen molar-refractivity contribution in [3.05, 3.63) is 29.8 Å². The van der Waals surface area contributed by atoms with Gasteiger partial charge in [-0.1, -0.05) is 18.2 Å². The molecule has 1 rings (SSSR count). The first kappa shape index (κ1) is 14.2. The highest BCUT2D eigenvalue weighted by Crippen LogP contribution is 2.15. The number of para-hydroxylation sites is 1. The molecule has 0 aliphatic rings. The maximum Gasteiger partial charge on any atom is 0.229 e. The molecule has 18 heavy (non-hydrogen) atoms. The first-order chi connectivity index (χ1) is 8.50. The van der Waals surface area contributed by atoms with Crippen LogP contribution >= 0.6 is 0 Å². The molecular formula is C14H19NO3. The number of hydrogen-bond donors (Lipinski definition) is 0. The molecule has 0 heterocycles. The summed E-state index contributed by atoms with van der Waals surface area (Å²) in [6.45, 7) is 4.28. The Morgan fingerprint density at radius 2 is 1.94 bits per heavy atom. The fourth-order valence-corrected chi connectivity index (χ4v) is 1.48.